The number of hydrogen-bond donors (Lipinski definition) is 2. The Labute approximate surface area is 273 Å². The molecule has 0 atom stereocenters. The van der Waals surface area contributed by atoms with Crippen LogP contribution >= 0.6 is 23.8 Å². The van der Waals surface area contributed by atoms with Gasteiger partial charge < -0.3 is 15.1 Å². The predicted octanol–water partition coefficient (Wildman–Crippen LogP) is 5.43. The van der Waals surface area contributed by atoms with Crippen LogP contribution in [0.25, 0.3) is 0 Å². The zero-order valence-electron chi connectivity index (χ0n) is 25.0. The summed E-state index contributed by atoms with van der Waals surface area (Å²) in [7, 11) is -3.64. The number of nitrogens with one attached hydrogen (secondary N) is 2. The van der Waals surface area contributed by atoms with E-state index in [2.05, 4.69) is 17.6 Å². The third-order valence-electron chi connectivity index (χ3n) is 8.23. The van der Waals surface area contributed by atoms with Gasteiger partial charge >= 0.3 is 0 Å². The smallest absolute Gasteiger partial charge is 0.293 e. The number of anilines is 3. The van der Waals surface area contributed by atoms with Gasteiger partial charge in [-0.3, -0.25) is 20.2 Å². The maximum atomic E-state index is 13.2. The van der Waals surface area contributed by atoms with Crippen LogP contribution in [0.5, 0.6) is 0 Å². The number of halogens is 1. The first-order valence-electron chi connectivity index (χ1n) is 14.7. The zero-order chi connectivity index (χ0) is 32.3. The molecule has 14 heteroatoms. The number of nitro benzene ring substituents is 1. The average molecular weight is 671 g/mol. The Balaban J connectivity index is 1.25. The van der Waals surface area contributed by atoms with E-state index in [1.54, 1.807) is 54.6 Å². The number of thiocarbonyl (C=S) groups is 1. The number of piperidine rings is 1. The summed E-state index contributed by atoms with van der Waals surface area (Å²) in [5, 5.41) is 18.0. The number of nitrogens with zero attached hydrogens (tertiary/aromatic N) is 4. The molecule has 5 rings (SSSR count). The van der Waals surface area contributed by atoms with Gasteiger partial charge in [0.1, 0.15) is 5.69 Å². The summed E-state index contributed by atoms with van der Waals surface area (Å²) in [5.74, 6) is -0.0170. The number of aryl methyl sites for hydroxylation is 1. The molecule has 11 nitrogen and oxygen atoms in total. The molecule has 2 fully saturated rings. The third-order valence-corrected chi connectivity index (χ3v) is 10.7. The molecule has 2 heterocycles. The van der Waals surface area contributed by atoms with Crippen LogP contribution in [0, 0.1) is 23.0 Å². The number of amides is 1. The Morgan fingerprint density at radius 3 is 2.29 bits per heavy atom. The summed E-state index contributed by atoms with van der Waals surface area (Å²) < 4.78 is 27.8. The number of benzene rings is 3. The highest BCUT2D eigenvalue weighted by Crippen LogP contribution is 2.36. The molecule has 0 aromatic heterocycles. The van der Waals surface area contributed by atoms with Crippen LogP contribution in [0.4, 0.5) is 22.7 Å². The van der Waals surface area contributed by atoms with Gasteiger partial charge in [-0.1, -0.05) is 42.3 Å². The van der Waals surface area contributed by atoms with Crippen molar-refractivity contribution in [2.24, 2.45) is 5.92 Å². The number of para-hydroxylation sites is 1. The number of carbonyl (C=O) groups is 1. The maximum absolute atomic E-state index is 13.2. The Morgan fingerprint density at radius 2 is 1.64 bits per heavy atom. The van der Waals surface area contributed by atoms with Gasteiger partial charge in [-0.05, 0) is 74.3 Å². The molecule has 45 heavy (non-hydrogen) atoms. The largest absolute Gasteiger partial charge is 0.366 e. The standard InChI is InChI=1S/C31H35ClN6O5S2/c1-21-6-9-24(10-7-21)45(42,43)37-18-16-36(17-19-37)29-25(32)4-3-5-26(29)33-31(44)34-30(39)23-8-11-27(28(20-23)38(40)41)35-14-12-22(2)13-15-35/h3-11,20,22H,12-19H2,1-2H3,(H2,33,34,39,44). The molecule has 0 radical (unpaired) electrons. The Kier molecular flexibility index (Phi) is 9.92. The normalized spacial score (nSPS) is 16.3. The Morgan fingerprint density at radius 1 is 0.978 bits per heavy atom. The average Bonchev–Trinajstić information content (AvgIpc) is 3.01. The van der Waals surface area contributed by atoms with Crippen molar-refractivity contribution in [2.75, 3.05) is 54.4 Å². The number of piperazine rings is 1. The summed E-state index contributed by atoms with van der Waals surface area (Å²) in [5.41, 5.74) is 2.61. The lowest BCUT2D eigenvalue weighted by Gasteiger charge is -2.36. The van der Waals surface area contributed by atoms with Crippen LogP contribution in [0.1, 0.15) is 35.7 Å². The van der Waals surface area contributed by atoms with Crippen LogP contribution in [0.3, 0.4) is 0 Å². The number of nitro groups is 1. The molecular weight excluding hydrogens is 636 g/mol. The molecule has 1 amide bonds. The number of sulfonamides is 1. The highest BCUT2D eigenvalue weighted by molar-refractivity contribution is 7.89. The van der Waals surface area contributed by atoms with E-state index in [1.807, 2.05) is 16.7 Å². The lowest BCUT2D eigenvalue weighted by molar-refractivity contribution is -0.384. The zero-order valence-corrected chi connectivity index (χ0v) is 27.4. The van der Waals surface area contributed by atoms with Crippen molar-refractivity contribution in [2.45, 2.75) is 31.6 Å². The lowest BCUT2D eigenvalue weighted by atomic mass is 9.98. The monoisotopic (exact) mass is 670 g/mol. The van der Waals surface area contributed by atoms with Gasteiger partial charge in [-0.15, -0.1) is 0 Å². The van der Waals surface area contributed by atoms with Crippen molar-refractivity contribution < 1.29 is 18.1 Å². The van der Waals surface area contributed by atoms with E-state index < -0.39 is 20.9 Å². The van der Waals surface area contributed by atoms with Gasteiger partial charge in [0.05, 0.1) is 26.2 Å². The third kappa shape index (κ3) is 7.38. The van der Waals surface area contributed by atoms with E-state index in [1.165, 1.54) is 10.4 Å². The van der Waals surface area contributed by atoms with E-state index in [0.29, 0.717) is 41.1 Å². The quantitative estimate of drug-likeness (QED) is 0.192. The summed E-state index contributed by atoms with van der Waals surface area (Å²) in [6, 6.07) is 16.5. The highest BCUT2D eigenvalue weighted by Gasteiger charge is 2.30. The Bertz CT molecular complexity index is 1700. The molecule has 0 unspecified atom stereocenters. The second-order valence-electron chi connectivity index (χ2n) is 11.4. The van der Waals surface area contributed by atoms with Gasteiger partial charge in [0.2, 0.25) is 10.0 Å². The van der Waals surface area contributed by atoms with Crippen molar-refractivity contribution in [3.05, 3.63) is 86.9 Å². The minimum absolute atomic E-state index is 0.0131. The van der Waals surface area contributed by atoms with Crippen molar-refractivity contribution in [1.29, 1.82) is 0 Å². The summed E-state index contributed by atoms with van der Waals surface area (Å²) in [6.07, 6.45) is 1.90. The fraction of sp³-hybridized carbons (Fsp3) is 0.355. The predicted molar refractivity (Wildman–Crippen MR) is 181 cm³/mol. The molecule has 2 aliphatic rings. The lowest BCUT2D eigenvalue weighted by Crippen LogP contribution is -2.49. The van der Waals surface area contributed by atoms with E-state index in [-0.39, 0.29) is 34.3 Å². The molecule has 3 aromatic carbocycles. The van der Waals surface area contributed by atoms with Gasteiger partial charge in [0.25, 0.3) is 11.6 Å². The Hall–Kier alpha value is -3.78. The van der Waals surface area contributed by atoms with E-state index in [9.17, 15) is 23.3 Å². The summed E-state index contributed by atoms with van der Waals surface area (Å²) >= 11 is 12.0. The van der Waals surface area contributed by atoms with E-state index >= 15 is 0 Å². The molecule has 2 N–H and O–H groups in total. The van der Waals surface area contributed by atoms with Crippen LogP contribution in [0.15, 0.2) is 65.6 Å². The molecule has 0 bridgehead atoms. The summed E-state index contributed by atoms with van der Waals surface area (Å²) in [6.45, 7) is 6.80. The number of carbonyl (C=O) groups excluding carboxylic acids is 1. The number of rotatable bonds is 7. The first-order chi connectivity index (χ1) is 21.4. The maximum Gasteiger partial charge on any atom is 0.293 e. The van der Waals surface area contributed by atoms with Gasteiger partial charge in [-0.2, -0.15) is 4.31 Å². The number of hydrogen-bond acceptors (Lipinski definition) is 8. The molecule has 3 aromatic rings. The molecule has 2 aliphatic heterocycles. The summed E-state index contributed by atoms with van der Waals surface area (Å²) in [4.78, 5) is 28.7. The van der Waals surface area contributed by atoms with Gasteiger partial charge in [0, 0.05) is 50.9 Å². The van der Waals surface area contributed by atoms with Crippen LogP contribution in [-0.4, -0.2) is 67.9 Å². The molecule has 0 aliphatic carbocycles. The topological polar surface area (TPSA) is 128 Å². The van der Waals surface area contributed by atoms with Crippen molar-refractivity contribution in [1.82, 2.24) is 9.62 Å². The SMILES string of the molecule is Cc1ccc(S(=O)(=O)N2CCN(c3c(Cl)cccc3NC(=S)NC(=O)c3ccc(N4CCC(C)CC4)c([N+](=O)[O-])c3)CC2)cc1. The van der Waals surface area contributed by atoms with Gasteiger partial charge in [0.15, 0.2) is 5.11 Å². The molecule has 238 valence electrons. The van der Waals surface area contributed by atoms with Crippen LogP contribution in [-0.2, 0) is 10.0 Å². The van der Waals surface area contributed by atoms with E-state index in [4.69, 9.17) is 23.8 Å². The minimum atomic E-state index is -3.64. The highest BCUT2D eigenvalue weighted by atomic mass is 35.5. The molecular formula is C31H35ClN6O5S2. The van der Waals surface area contributed by atoms with Crippen molar-refractivity contribution >= 4 is 67.6 Å². The molecule has 2 saturated heterocycles. The molecule has 0 spiro atoms. The van der Waals surface area contributed by atoms with Crippen LogP contribution < -0.4 is 20.4 Å². The minimum Gasteiger partial charge on any atom is -0.366 e. The van der Waals surface area contributed by atoms with E-state index in [0.717, 1.165) is 31.5 Å². The van der Waals surface area contributed by atoms with Gasteiger partial charge in [-0.25, -0.2) is 8.42 Å². The fourth-order valence-corrected chi connectivity index (χ4v) is 7.52. The second-order valence-corrected chi connectivity index (χ2v) is 14.1. The van der Waals surface area contributed by atoms with Crippen molar-refractivity contribution in [3.63, 3.8) is 0 Å². The first-order valence-corrected chi connectivity index (χ1v) is 16.9. The van der Waals surface area contributed by atoms with Crippen molar-refractivity contribution in [3.8, 4) is 0 Å². The fourth-order valence-electron chi connectivity index (χ4n) is 5.61. The first kappa shape index (κ1) is 32.6. The molecule has 0 saturated carbocycles. The second kappa shape index (κ2) is 13.7. The van der Waals surface area contributed by atoms with Crippen LogP contribution in [0.2, 0.25) is 5.02 Å².